The zero-order valence-electron chi connectivity index (χ0n) is 12.8. The zero-order valence-corrected chi connectivity index (χ0v) is 13.6. The van der Waals surface area contributed by atoms with E-state index in [0.29, 0.717) is 0 Å². The smallest absolute Gasteiger partial charge is 0.0363 e. The summed E-state index contributed by atoms with van der Waals surface area (Å²) in [6, 6.07) is 8.84. The largest absolute Gasteiger partial charge is 0.308 e. The van der Waals surface area contributed by atoms with Crippen LogP contribution in [-0.2, 0) is 23.9 Å². The van der Waals surface area contributed by atoms with Crippen molar-refractivity contribution in [2.24, 2.45) is 0 Å². The molecule has 1 N–H and O–H groups in total. The monoisotopic (exact) mass is 294 g/mol. The van der Waals surface area contributed by atoms with Gasteiger partial charge in [0.2, 0.25) is 0 Å². The molecule has 1 saturated heterocycles. The molecule has 0 atom stereocenters. The normalized spacial score (nSPS) is 18.4. The van der Waals surface area contributed by atoms with Gasteiger partial charge in [-0.3, -0.25) is 9.11 Å². The number of nitrogens with one attached hydrogen (secondary N) is 1. The van der Waals surface area contributed by atoms with Crippen LogP contribution in [0.2, 0.25) is 0 Å². The first-order valence-corrected chi connectivity index (χ1v) is 8.81. The van der Waals surface area contributed by atoms with Crippen LogP contribution in [-0.4, -0.2) is 39.2 Å². The highest BCUT2D eigenvalue weighted by molar-refractivity contribution is 7.85. The summed E-state index contributed by atoms with van der Waals surface area (Å²) in [6.45, 7) is 10.3. The number of hydrogen-bond acceptors (Lipinski definition) is 3. The number of benzene rings is 1. The predicted molar refractivity (Wildman–Crippen MR) is 86.2 cm³/mol. The molecule has 1 aliphatic heterocycles. The molecule has 0 spiro atoms. The first-order valence-electron chi connectivity index (χ1n) is 7.32. The third kappa shape index (κ3) is 5.35. The number of hydrogen-bond donors (Lipinski definition) is 1. The summed E-state index contributed by atoms with van der Waals surface area (Å²) in [6.07, 6.45) is 0. The SMILES string of the molecule is CC(C)(C)NCc1ccc(CN2CCS(=O)CC2)cc1. The highest BCUT2D eigenvalue weighted by atomic mass is 32.2. The summed E-state index contributed by atoms with van der Waals surface area (Å²) in [5, 5.41) is 3.50. The summed E-state index contributed by atoms with van der Waals surface area (Å²) in [4.78, 5) is 2.39. The van der Waals surface area contributed by atoms with Gasteiger partial charge >= 0.3 is 0 Å². The maximum absolute atomic E-state index is 11.3. The lowest BCUT2D eigenvalue weighted by molar-refractivity contribution is 0.291. The van der Waals surface area contributed by atoms with Gasteiger partial charge in [-0.1, -0.05) is 24.3 Å². The maximum atomic E-state index is 11.3. The Kier molecular flexibility index (Phi) is 5.35. The van der Waals surface area contributed by atoms with Gasteiger partial charge in [0.25, 0.3) is 0 Å². The highest BCUT2D eigenvalue weighted by Crippen LogP contribution is 2.11. The van der Waals surface area contributed by atoms with Gasteiger partial charge in [0.05, 0.1) is 0 Å². The molecule has 1 aromatic rings. The fourth-order valence-electron chi connectivity index (χ4n) is 2.22. The van der Waals surface area contributed by atoms with E-state index in [-0.39, 0.29) is 5.54 Å². The van der Waals surface area contributed by atoms with E-state index in [9.17, 15) is 4.21 Å². The third-order valence-electron chi connectivity index (χ3n) is 3.52. The van der Waals surface area contributed by atoms with Crippen molar-refractivity contribution in [3.63, 3.8) is 0 Å². The molecule has 0 aromatic heterocycles. The fraction of sp³-hybridized carbons (Fsp3) is 0.625. The lowest BCUT2D eigenvalue weighted by Crippen LogP contribution is -2.37. The van der Waals surface area contributed by atoms with Gasteiger partial charge in [-0.05, 0) is 31.9 Å². The van der Waals surface area contributed by atoms with Gasteiger partial charge in [-0.2, -0.15) is 0 Å². The minimum atomic E-state index is -0.584. The van der Waals surface area contributed by atoms with Crippen molar-refractivity contribution < 1.29 is 4.21 Å². The average molecular weight is 294 g/mol. The summed E-state index contributed by atoms with van der Waals surface area (Å²) < 4.78 is 11.3. The molecule has 112 valence electrons. The van der Waals surface area contributed by atoms with Crippen LogP contribution in [0, 0.1) is 0 Å². The number of rotatable bonds is 4. The molecular formula is C16H26N2OS. The van der Waals surface area contributed by atoms with E-state index < -0.39 is 10.8 Å². The van der Waals surface area contributed by atoms with Gasteiger partial charge in [0.1, 0.15) is 0 Å². The van der Waals surface area contributed by atoms with E-state index in [1.165, 1.54) is 11.1 Å². The van der Waals surface area contributed by atoms with Crippen LogP contribution in [0.3, 0.4) is 0 Å². The maximum Gasteiger partial charge on any atom is 0.0363 e. The topological polar surface area (TPSA) is 32.3 Å². The molecule has 0 saturated carbocycles. The van der Waals surface area contributed by atoms with Crippen LogP contribution in [0.25, 0.3) is 0 Å². The summed E-state index contributed by atoms with van der Waals surface area (Å²) >= 11 is 0. The lowest BCUT2D eigenvalue weighted by atomic mass is 10.1. The Balaban J connectivity index is 1.83. The van der Waals surface area contributed by atoms with E-state index in [0.717, 1.165) is 37.7 Å². The fourth-order valence-corrected chi connectivity index (χ4v) is 3.35. The Bertz CT molecular complexity index is 441. The minimum absolute atomic E-state index is 0.155. The molecule has 20 heavy (non-hydrogen) atoms. The molecule has 0 aliphatic carbocycles. The molecule has 3 nitrogen and oxygen atoms in total. The third-order valence-corrected chi connectivity index (χ3v) is 4.80. The minimum Gasteiger partial charge on any atom is -0.308 e. The van der Waals surface area contributed by atoms with Crippen molar-refractivity contribution in [1.29, 1.82) is 0 Å². The molecular weight excluding hydrogens is 268 g/mol. The standard InChI is InChI=1S/C16H26N2OS/c1-16(2,3)17-12-14-4-6-15(7-5-14)13-18-8-10-20(19)11-9-18/h4-7,17H,8-13H2,1-3H3. The first-order chi connectivity index (χ1) is 9.42. The van der Waals surface area contributed by atoms with Gasteiger partial charge in [0, 0.05) is 54.0 Å². The molecule has 1 aliphatic rings. The Labute approximate surface area is 125 Å². The predicted octanol–water partition coefficient (Wildman–Crippen LogP) is 2.14. The molecule has 1 aromatic carbocycles. The quantitative estimate of drug-likeness (QED) is 0.923. The Morgan fingerprint density at radius 1 is 1.10 bits per heavy atom. The van der Waals surface area contributed by atoms with Crippen molar-refractivity contribution in [1.82, 2.24) is 10.2 Å². The van der Waals surface area contributed by atoms with Crippen molar-refractivity contribution in [3.05, 3.63) is 35.4 Å². The second-order valence-corrected chi connectivity index (χ2v) is 8.24. The van der Waals surface area contributed by atoms with Crippen LogP contribution in [0.4, 0.5) is 0 Å². The summed E-state index contributed by atoms with van der Waals surface area (Å²) in [7, 11) is -0.584. The van der Waals surface area contributed by atoms with Crippen molar-refractivity contribution >= 4 is 10.8 Å². The Hall–Kier alpha value is -0.710. The Morgan fingerprint density at radius 2 is 1.65 bits per heavy atom. The zero-order chi connectivity index (χ0) is 14.6. The molecule has 0 radical (unpaired) electrons. The molecule has 1 fully saturated rings. The second-order valence-electron chi connectivity index (χ2n) is 6.54. The van der Waals surface area contributed by atoms with Crippen LogP contribution < -0.4 is 5.32 Å². The van der Waals surface area contributed by atoms with E-state index in [1.807, 2.05) is 0 Å². The van der Waals surface area contributed by atoms with Gasteiger partial charge in [-0.15, -0.1) is 0 Å². The van der Waals surface area contributed by atoms with Gasteiger partial charge in [0.15, 0.2) is 0 Å². The van der Waals surface area contributed by atoms with Crippen molar-refractivity contribution in [2.75, 3.05) is 24.6 Å². The van der Waals surface area contributed by atoms with E-state index in [4.69, 9.17) is 0 Å². The highest BCUT2D eigenvalue weighted by Gasteiger charge is 2.15. The molecule has 2 rings (SSSR count). The van der Waals surface area contributed by atoms with Crippen LogP contribution in [0.5, 0.6) is 0 Å². The molecule has 4 heteroatoms. The van der Waals surface area contributed by atoms with Gasteiger partial charge < -0.3 is 5.32 Å². The molecule has 0 unspecified atom stereocenters. The van der Waals surface area contributed by atoms with Crippen LogP contribution in [0.1, 0.15) is 31.9 Å². The van der Waals surface area contributed by atoms with Crippen molar-refractivity contribution in [3.8, 4) is 0 Å². The molecule has 0 bridgehead atoms. The molecule has 1 heterocycles. The average Bonchev–Trinajstić information content (AvgIpc) is 2.40. The van der Waals surface area contributed by atoms with Crippen molar-refractivity contribution in [2.45, 2.75) is 39.4 Å². The summed E-state index contributed by atoms with van der Waals surface area (Å²) in [5.41, 5.74) is 2.82. The van der Waals surface area contributed by atoms with E-state index in [1.54, 1.807) is 0 Å². The van der Waals surface area contributed by atoms with Crippen LogP contribution in [0.15, 0.2) is 24.3 Å². The lowest BCUT2D eigenvalue weighted by Gasteiger charge is -2.26. The number of nitrogens with zero attached hydrogens (tertiary/aromatic N) is 1. The van der Waals surface area contributed by atoms with E-state index in [2.05, 4.69) is 55.3 Å². The summed E-state index contributed by atoms with van der Waals surface area (Å²) in [5.74, 6) is 1.65. The first kappa shape index (κ1) is 15.7. The second kappa shape index (κ2) is 6.83. The molecule has 0 amide bonds. The van der Waals surface area contributed by atoms with E-state index >= 15 is 0 Å². The van der Waals surface area contributed by atoms with Gasteiger partial charge in [-0.25, -0.2) is 0 Å². The van der Waals surface area contributed by atoms with Crippen LogP contribution >= 0.6 is 0 Å². The Morgan fingerprint density at radius 3 is 2.20 bits per heavy atom.